The number of carbonyl (C=O) groups excluding carboxylic acids is 2. The van der Waals surface area contributed by atoms with Crippen molar-refractivity contribution in [2.24, 2.45) is 13.0 Å². The number of rotatable bonds is 6. The van der Waals surface area contributed by atoms with Crippen LogP contribution < -0.4 is 5.32 Å². The van der Waals surface area contributed by atoms with Crippen molar-refractivity contribution in [3.8, 4) is 0 Å². The Morgan fingerprint density at radius 2 is 2.07 bits per heavy atom. The molecule has 2 aromatic rings. The van der Waals surface area contributed by atoms with Gasteiger partial charge in [-0.2, -0.15) is 5.10 Å². The molecular weight excluding hydrogens is 344 g/mol. The van der Waals surface area contributed by atoms with E-state index in [9.17, 15) is 9.59 Å². The number of nitrogens with zero attached hydrogens (tertiary/aromatic N) is 3. The summed E-state index contributed by atoms with van der Waals surface area (Å²) in [5.74, 6) is 0.360. The van der Waals surface area contributed by atoms with Gasteiger partial charge in [0.2, 0.25) is 5.91 Å². The molecule has 0 saturated carbocycles. The van der Waals surface area contributed by atoms with Crippen LogP contribution in [0.3, 0.4) is 0 Å². The molecule has 2 heterocycles. The summed E-state index contributed by atoms with van der Waals surface area (Å²) in [5.41, 5.74) is 1.53. The smallest absolute Gasteiger partial charge is 0.253 e. The Bertz CT molecular complexity index is 788. The predicted octanol–water partition coefficient (Wildman–Crippen LogP) is 2.10. The van der Waals surface area contributed by atoms with E-state index in [1.807, 2.05) is 36.4 Å². The number of benzene rings is 1. The molecule has 0 spiro atoms. The lowest BCUT2D eigenvalue weighted by atomic mass is 9.96. The number of ether oxygens (including phenoxy) is 1. The molecule has 1 atom stereocenters. The number of methoxy groups -OCH3 is 1. The molecule has 1 fully saturated rings. The van der Waals surface area contributed by atoms with Crippen molar-refractivity contribution in [2.45, 2.75) is 19.3 Å². The van der Waals surface area contributed by atoms with E-state index in [1.54, 1.807) is 23.7 Å². The zero-order valence-electron chi connectivity index (χ0n) is 15.9. The Kier molecular flexibility index (Phi) is 6.24. The Hall–Kier alpha value is -2.67. The van der Waals surface area contributed by atoms with Gasteiger partial charge in [-0.1, -0.05) is 18.2 Å². The van der Waals surface area contributed by atoms with Crippen LogP contribution in [0.1, 0.15) is 28.9 Å². The summed E-state index contributed by atoms with van der Waals surface area (Å²) in [6.45, 7) is 1.71. The molecule has 3 rings (SSSR count). The first-order chi connectivity index (χ1) is 13.1. The third-order valence-corrected chi connectivity index (χ3v) is 4.84. The number of hydrogen-bond acceptors (Lipinski definition) is 4. The van der Waals surface area contributed by atoms with Crippen LogP contribution in [0.2, 0.25) is 0 Å². The lowest BCUT2D eigenvalue weighted by Crippen LogP contribution is -2.43. The number of amides is 2. The van der Waals surface area contributed by atoms with Crippen molar-refractivity contribution in [3.63, 3.8) is 0 Å². The summed E-state index contributed by atoms with van der Waals surface area (Å²) >= 11 is 0. The standard InChI is InChI=1S/C20H26N4O3/c1-23-18(13-17(22-23)10-12-27-2)21-19(25)16-9-6-11-24(14-16)20(26)15-7-4-3-5-8-15/h3-5,7-8,13,16H,6,9-12,14H2,1-2H3,(H,21,25). The van der Waals surface area contributed by atoms with Crippen LogP contribution in [0.25, 0.3) is 0 Å². The van der Waals surface area contributed by atoms with E-state index in [0.29, 0.717) is 37.5 Å². The van der Waals surface area contributed by atoms with Crippen LogP contribution in [-0.2, 0) is 23.0 Å². The molecule has 27 heavy (non-hydrogen) atoms. The molecule has 1 N–H and O–H groups in total. The van der Waals surface area contributed by atoms with Crippen LogP contribution in [0.15, 0.2) is 36.4 Å². The minimum atomic E-state index is -0.219. The number of anilines is 1. The Morgan fingerprint density at radius 3 is 2.81 bits per heavy atom. The van der Waals surface area contributed by atoms with Crippen molar-refractivity contribution < 1.29 is 14.3 Å². The van der Waals surface area contributed by atoms with Gasteiger partial charge < -0.3 is 15.0 Å². The van der Waals surface area contributed by atoms with E-state index in [4.69, 9.17) is 4.74 Å². The summed E-state index contributed by atoms with van der Waals surface area (Å²) in [6, 6.07) is 11.1. The zero-order valence-corrected chi connectivity index (χ0v) is 15.9. The molecule has 0 radical (unpaired) electrons. The van der Waals surface area contributed by atoms with E-state index < -0.39 is 0 Å². The summed E-state index contributed by atoms with van der Waals surface area (Å²) in [7, 11) is 3.45. The first-order valence-electron chi connectivity index (χ1n) is 9.25. The number of likely N-dealkylation sites (tertiary alicyclic amines) is 1. The quantitative estimate of drug-likeness (QED) is 0.845. The van der Waals surface area contributed by atoms with Gasteiger partial charge in [0.1, 0.15) is 5.82 Å². The number of aromatic nitrogens is 2. The van der Waals surface area contributed by atoms with Gasteiger partial charge in [-0.25, -0.2) is 0 Å². The van der Waals surface area contributed by atoms with E-state index in [-0.39, 0.29) is 17.7 Å². The lowest BCUT2D eigenvalue weighted by Gasteiger charge is -2.32. The summed E-state index contributed by atoms with van der Waals surface area (Å²) in [4.78, 5) is 27.2. The fraction of sp³-hybridized carbons (Fsp3) is 0.450. The van der Waals surface area contributed by atoms with Gasteiger partial charge in [0.25, 0.3) is 5.91 Å². The molecule has 1 aromatic heterocycles. The lowest BCUT2D eigenvalue weighted by molar-refractivity contribution is -0.121. The van der Waals surface area contributed by atoms with E-state index >= 15 is 0 Å². The molecule has 144 valence electrons. The van der Waals surface area contributed by atoms with Crippen LogP contribution in [0.5, 0.6) is 0 Å². The third-order valence-electron chi connectivity index (χ3n) is 4.84. The van der Waals surface area contributed by atoms with Crippen molar-refractivity contribution in [1.29, 1.82) is 0 Å². The van der Waals surface area contributed by atoms with E-state index in [0.717, 1.165) is 18.5 Å². The SMILES string of the molecule is COCCc1cc(NC(=O)C2CCCN(C(=O)c3ccccc3)C2)n(C)n1. The maximum atomic E-state index is 12.7. The highest BCUT2D eigenvalue weighted by Crippen LogP contribution is 2.21. The van der Waals surface area contributed by atoms with Crippen molar-refractivity contribution >= 4 is 17.6 Å². The van der Waals surface area contributed by atoms with Crippen molar-refractivity contribution in [3.05, 3.63) is 47.7 Å². The third kappa shape index (κ3) is 4.74. The minimum absolute atomic E-state index is 0.0181. The van der Waals surface area contributed by atoms with E-state index in [2.05, 4.69) is 10.4 Å². The van der Waals surface area contributed by atoms with Gasteiger partial charge in [0.15, 0.2) is 0 Å². The second kappa shape index (κ2) is 8.81. The number of nitrogens with one attached hydrogen (secondary N) is 1. The molecule has 2 amide bonds. The minimum Gasteiger partial charge on any atom is -0.384 e. The molecular formula is C20H26N4O3. The van der Waals surface area contributed by atoms with Gasteiger partial charge in [0, 0.05) is 45.3 Å². The van der Waals surface area contributed by atoms with Crippen LogP contribution >= 0.6 is 0 Å². The first-order valence-corrected chi connectivity index (χ1v) is 9.25. The van der Waals surface area contributed by atoms with Gasteiger partial charge in [-0.05, 0) is 25.0 Å². The molecule has 0 aliphatic carbocycles. The highest BCUT2D eigenvalue weighted by Gasteiger charge is 2.29. The Balaban J connectivity index is 1.62. The van der Waals surface area contributed by atoms with Gasteiger partial charge >= 0.3 is 0 Å². The topological polar surface area (TPSA) is 76.5 Å². The van der Waals surface area contributed by atoms with Gasteiger partial charge in [-0.15, -0.1) is 0 Å². The van der Waals surface area contributed by atoms with E-state index in [1.165, 1.54) is 0 Å². The molecule has 0 bridgehead atoms. The fourth-order valence-electron chi connectivity index (χ4n) is 3.34. The molecule has 1 saturated heterocycles. The number of aryl methyl sites for hydroxylation is 1. The molecule has 1 aliphatic heterocycles. The van der Waals surface area contributed by atoms with Gasteiger partial charge in [-0.3, -0.25) is 14.3 Å². The molecule has 7 nitrogen and oxygen atoms in total. The second-order valence-corrected chi connectivity index (χ2v) is 6.83. The van der Waals surface area contributed by atoms with Crippen molar-refractivity contribution in [1.82, 2.24) is 14.7 Å². The summed E-state index contributed by atoms with van der Waals surface area (Å²) < 4.78 is 6.73. The maximum absolute atomic E-state index is 12.7. The predicted molar refractivity (Wildman–Crippen MR) is 102 cm³/mol. The number of carbonyl (C=O) groups is 2. The first kappa shape index (κ1) is 19.1. The largest absolute Gasteiger partial charge is 0.384 e. The fourth-order valence-corrected chi connectivity index (χ4v) is 3.34. The normalized spacial score (nSPS) is 17.0. The summed E-state index contributed by atoms with van der Waals surface area (Å²) in [6.07, 6.45) is 2.29. The van der Waals surface area contributed by atoms with Crippen LogP contribution in [0, 0.1) is 5.92 Å². The van der Waals surface area contributed by atoms with Crippen LogP contribution in [-0.4, -0.2) is 53.3 Å². The average Bonchev–Trinajstić information content (AvgIpc) is 3.05. The molecule has 1 unspecified atom stereocenters. The highest BCUT2D eigenvalue weighted by molar-refractivity contribution is 5.96. The number of piperidine rings is 1. The average molecular weight is 370 g/mol. The monoisotopic (exact) mass is 370 g/mol. The van der Waals surface area contributed by atoms with Gasteiger partial charge in [0.05, 0.1) is 18.2 Å². The second-order valence-electron chi connectivity index (χ2n) is 6.83. The maximum Gasteiger partial charge on any atom is 0.253 e. The highest BCUT2D eigenvalue weighted by atomic mass is 16.5. The van der Waals surface area contributed by atoms with Crippen LogP contribution in [0.4, 0.5) is 5.82 Å². The van der Waals surface area contributed by atoms with Crippen molar-refractivity contribution in [2.75, 3.05) is 32.1 Å². The Morgan fingerprint density at radius 1 is 1.30 bits per heavy atom. The number of hydrogen-bond donors (Lipinski definition) is 1. The molecule has 7 heteroatoms. The molecule has 1 aliphatic rings. The molecule has 1 aromatic carbocycles. The summed E-state index contributed by atoms with van der Waals surface area (Å²) in [5, 5.41) is 7.35. The zero-order chi connectivity index (χ0) is 19.2. The Labute approximate surface area is 159 Å².